The number of aromatic nitrogens is 3. The predicted molar refractivity (Wildman–Crippen MR) is 103 cm³/mol. The van der Waals surface area contributed by atoms with Gasteiger partial charge in [-0.3, -0.25) is 14.6 Å². The number of halogens is 6. The molecule has 0 N–H and O–H groups in total. The first kappa shape index (κ1) is 24.2. The lowest BCUT2D eigenvalue weighted by atomic mass is 10.0. The molecule has 8 nitrogen and oxygen atoms in total. The van der Waals surface area contributed by atoms with Gasteiger partial charge in [0.15, 0.2) is 5.82 Å². The Bertz CT molecular complexity index is 1070. The van der Waals surface area contributed by atoms with E-state index in [0.717, 1.165) is 27.0 Å². The molecule has 0 saturated carbocycles. The Hall–Kier alpha value is -3.42. The molecule has 0 unspecified atom stereocenters. The summed E-state index contributed by atoms with van der Waals surface area (Å²) in [6.07, 6.45) is -7.92. The zero-order chi connectivity index (χ0) is 24.7. The fraction of sp³-hybridized carbons (Fsp3) is 0.368. The van der Waals surface area contributed by atoms with Gasteiger partial charge in [0.25, 0.3) is 5.91 Å². The molecule has 1 fully saturated rings. The lowest BCUT2D eigenvalue weighted by molar-refractivity contribution is -0.143. The minimum Gasteiger partial charge on any atom is -0.308 e. The average Bonchev–Trinajstić information content (AvgIpc) is 3.24. The highest BCUT2D eigenvalue weighted by Gasteiger charge is 2.39. The number of carbonyl (C=O) groups excluding carboxylic acids is 2. The lowest BCUT2D eigenvalue weighted by Gasteiger charge is -2.16. The maximum atomic E-state index is 13.1. The van der Waals surface area contributed by atoms with Crippen LogP contribution in [-0.4, -0.2) is 75.6 Å². The number of hydrogen-bond acceptors (Lipinski definition) is 5. The molecule has 3 rings (SSSR count). The van der Waals surface area contributed by atoms with Crippen molar-refractivity contribution in [3.63, 3.8) is 0 Å². The first-order chi connectivity index (χ1) is 15.2. The lowest BCUT2D eigenvalue weighted by Crippen LogP contribution is -2.36. The predicted octanol–water partition coefficient (Wildman–Crippen LogP) is 3.24. The van der Waals surface area contributed by atoms with Crippen LogP contribution in [0.3, 0.4) is 0 Å². The minimum absolute atomic E-state index is 0.00253. The number of imide groups is 1. The van der Waals surface area contributed by atoms with Crippen molar-refractivity contribution in [1.82, 2.24) is 29.5 Å². The average molecular weight is 476 g/mol. The van der Waals surface area contributed by atoms with E-state index in [9.17, 15) is 35.9 Å². The van der Waals surface area contributed by atoms with E-state index in [-0.39, 0.29) is 18.3 Å². The smallest absolute Gasteiger partial charge is 0.308 e. The summed E-state index contributed by atoms with van der Waals surface area (Å²) in [5, 5.41) is 3.86. The number of carbonyl (C=O) groups is 2. The van der Waals surface area contributed by atoms with Crippen molar-refractivity contribution in [1.29, 1.82) is 0 Å². The summed E-state index contributed by atoms with van der Waals surface area (Å²) >= 11 is 0. The molecule has 0 atom stereocenters. The summed E-state index contributed by atoms with van der Waals surface area (Å²) in [5.41, 5.74) is -3.61. The molecule has 2 aromatic rings. The van der Waals surface area contributed by atoms with Crippen molar-refractivity contribution >= 4 is 18.1 Å². The van der Waals surface area contributed by atoms with Crippen LogP contribution in [0.1, 0.15) is 11.1 Å². The molecular weight excluding hydrogens is 458 g/mol. The van der Waals surface area contributed by atoms with Gasteiger partial charge in [-0.05, 0) is 32.3 Å². The van der Waals surface area contributed by atoms with Gasteiger partial charge >= 0.3 is 18.4 Å². The summed E-state index contributed by atoms with van der Waals surface area (Å²) in [4.78, 5) is 32.5. The quantitative estimate of drug-likeness (QED) is 0.377. The molecule has 0 radical (unpaired) electrons. The van der Waals surface area contributed by atoms with Crippen molar-refractivity contribution in [2.45, 2.75) is 12.4 Å². The summed E-state index contributed by atoms with van der Waals surface area (Å²) in [6.45, 7) is 0.544. The third-order valence-electron chi connectivity index (χ3n) is 4.72. The third-order valence-corrected chi connectivity index (χ3v) is 4.72. The molecule has 14 heteroatoms. The number of alkyl halides is 6. The van der Waals surface area contributed by atoms with Crippen LogP contribution in [-0.2, 0) is 17.1 Å². The van der Waals surface area contributed by atoms with Crippen molar-refractivity contribution in [2.75, 3.05) is 34.2 Å². The monoisotopic (exact) mass is 476 g/mol. The van der Waals surface area contributed by atoms with Crippen LogP contribution in [0.5, 0.6) is 0 Å². The molecule has 0 spiro atoms. The van der Waals surface area contributed by atoms with E-state index in [4.69, 9.17) is 0 Å². The maximum Gasteiger partial charge on any atom is 0.416 e. The van der Waals surface area contributed by atoms with E-state index < -0.39 is 46.8 Å². The zero-order valence-electron chi connectivity index (χ0n) is 17.6. The second-order valence-electron chi connectivity index (χ2n) is 7.46. The molecule has 0 bridgehead atoms. The Morgan fingerprint density at radius 1 is 1.00 bits per heavy atom. The van der Waals surface area contributed by atoms with E-state index in [2.05, 4.69) is 10.1 Å². The van der Waals surface area contributed by atoms with E-state index in [0.29, 0.717) is 18.7 Å². The van der Waals surface area contributed by atoms with Gasteiger partial charge in [-0.2, -0.15) is 26.3 Å². The number of benzene rings is 1. The van der Waals surface area contributed by atoms with Crippen LogP contribution in [0.15, 0.2) is 30.2 Å². The zero-order valence-corrected chi connectivity index (χ0v) is 17.6. The molecule has 2 heterocycles. The highest BCUT2D eigenvalue weighted by atomic mass is 19.4. The second kappa shape index (κ2) is 8.50. The number of hydrogen-bond donors (Lipinski definition) is 0. The molecule has 1 saturated heterocycles. The van der Waals surface area contributed by atoms with Gasteiger partial charge in [0, 0.05) is 25.7 Å². The SMILES string of the molecule is CN(C)CCN1C(=O)C(=Cn2cnc(-c3cc(C(F)(F)F)cc(C(F)(F)F)c3)n2)N(C)C1=O. The molecule has 0 aliphatic carbocycles. The Kier molecular flexibility index (Phi) is 6.24. The number of nitrogens with zero attached hydrogens (tertiary/aromatic N) is 6. The molecule has 1 aromatic carbocycles. The molecule has 178 valence electrons. The van der Waals surface area contributed by atoms with Crippen molar-refractivity contribution < 1.29 is 35.9 Å². The Balaban J connectivity index is 1.95. The second-order valence-corrected chi connectivity index (χ2v) is 7.46. The first-order valence-electron chi connectivity index (χ1n) is 9.35. The van der Waals surface area contributed by atoms with Crippen molar-refractivity contribution in [3.05, 3.63) is 41.4 Å². The maximum absolute atomic E-state index is 13.1. The summed E-state index contributed by atoms with van der Waals surface area (Å²) in [6, 6.07) is 0.423. The molecule has 1 aliphatic heterocycles. The number of urea groups is 1. The normalized spacial score (nSPS) is 16.6. The Morgan fingerprint density at radius 3 is 2.09 bits per heavy atom. The van der Waals surface area contributed by atoms with Gasteiger partial charge in [0.05, 0.1) is 17.3 Å². The first-order valence-corrected chi connectivity index (χ1v) is 9.35. The Morgan fingerprint density at radius 2 is 1.58 bits per heavy atom. The summed E-state index contributed by atoms with van der Waals surface area (Å²) in [5.74, 6) is -1.05. The fourth-order valence-corrected chi connectivity index (χ4v) is 2.97. The number of rotatable bonds is 5. The van der Waals surface area contributed by atoms with E-state index in [1.807, 2.05) is 0 Å². The molecular formula is C19H18F6N6O2. The standard InChI is InChI=1S/C19H18F6N6O2/c1-28(2)4-5-31-16(32)14(29(3)17(31)33)9-30-10-26-15(27-30)11-6-12(18(20,21)22)8-13(7-11)19(23,24)25/h6-10H,4-5H2,1-3H3. The minimum atomic E-state index is -5.02. The van der Waals surface area contributed by atoms with Gasteiger partial charge in [-0.15, -0.1) is 5.10 Å². The van der Waals surface area contributed by atoms with Gasteiger partial charge in [0.1, 0.15) is 12.0 Å². The van der Waals surface area contributed by atoms with E-state index >= 15 is 0 Å². The highest BCUT2D eigenvalue weighted by Crippen LogP contribution is 2.38. The van der Waals surface area contributed by atoms with Crippen LogP contribution in [0.2, 0.25) is 0 Å². The number of likely N-dealkylation sites (N-methyl/N-ethyl adjacent to an activating group) is 2. The third kappa shape index (κ3) is 5.16. The number of amides is 3. The van der Waals surface area contributed by atoms with Gasteiger partial charge in [-0.1, -0.05) is 0 Å². The summed E-state index contributed by atoms with van der Waals surface area (Å²) in [7, 11) is 4.88. The van der Waals surface area contributed by atoms with Gasteiger partial charge < -0.3 is 4.90 Å². The highest BCUT2D eigenvalue weighted by molar-refractivity contribution is 6.13. The molecule has 1 aromatic heterocycles. The topological polar surface area (TPSA) is 74.6 Å². The molecule has 3 amide bonds. The Labute approximate surface area is 183 Å². The van der Waals surface area contributed by atoms with Crippen LogP contribution >= 0.6 is 0 Å². The van der Waals surface area contributed by atoms with Gasteiger partial charge in [0.2, 0.25) is 0 Å². The van der Waals surface area contributed by atoms with Crippen LogP contribution in [0.4, 0.5) is 31.1 Å². The van der Waals surface area contributed by atoms with Crippen molar-refractivity contribution in [3.8, 4) is 11.4 Å². The summed E-state index contributed by atoms with van der Waals surface area (Å²) < 4.78 is 79.5. The van der Waals surface area contributed by atoms with Gasteiger partial charge in [-0.25, -0.2) is 14.5 Å². The molecule has 33 heavy (non-hydrogen) atoms. The van der Waals surface area contributed by atoms with Crippen molar-refractivity contribution in [2.24, 2.45) is 0 Å². The van der Waals surface area contributed by atoms with Crippen LogP contribution in [0, 0.1) is 0 Å². The largest absolute Gasteiger partial charge is 0.416 e. The van der Waals surface area contributed by atoms with Crippen LogP contribution < -0.4 is 0 Å². The molecule has 1 aliphatic rings. The van der Waals surface area contributed by atoms with E-state index in [1.54, 1.807) is 19.0 Å². The fourth-order valence-electron chi connectivity index (χ4n) is 2.97. The van der Waals surface area contributed by atoms with E-state index in [1.165, 1.54) is 7.05 Å². The van der Waals surface area contributed by atoms with Crippen LogP contribution in [0.25, 0.3) is 17.6 Å².